The summed E-state index contributed by atoms with van der Waals surface area (Å²) in [4.78, 5) is 14.6. The molecular formula is C19H28N2O3. The minimum Gasteiger partial charge on any atom is -0.377 e. The second-order valence-electron chi connectivity index (χ2n) is 6.99. The van der Waals surface area contributed by atoms with Gasteiger partial charge in [-0.25, -0.2) is 0 Å². The van der Waals surface area contributed by atoms with Gasteiger partial charge in [-0.05, 0) is 37.0 Å². The molecule has 0 saturated carbocycles. The van der Waals surface area contributed by atoms with E-state index < -0.39 is 0 Å². The van der Waals surface area contributed by atoms with Crippen molar-refractivity contribution >= 4 is 5.91 Å². The van der Waals surface area contributed by atoms with Crippen LogP contribution in [0.25, 0.3) is 0 Å². The van der Waals surface area contributed by atoms with E-state index in [1.54, 1.807) is 0 Å². The average Bonchev–Trinajstić information content (AvgIpc) is 2.81. The Bertz CT molecular complexity index is 580. The predicted molar refractivity (Wildman–Crippen MR) is 93.2 cm³/mol. The fourth-order valence-corrected chi connectivity index (χ4v) is 3.39. The van der Waals surface area contributed by atoms with E-state index in [9.17, 15) is 4.79 Å². The largest absolute Gasteiger partial charge is 0.377 e. The Morgan fingerprint density at radius 2 is 2.17 bits per heavy atom. The zero-order valence-corrected chi connectivity index (χ0v) is 14.8. The van der Waals surface area contributed by atoms with Crippen LogP contribution in [0, 0.1) is 13.8 Å². The molecular weight excluding hydrogens is 304 g/mol. The summed E-state index contributed by atoms with van der Waals surface area (Å²) in [6.07, 6.45) is 1.34. The van der Waals surface area contributed by atoms with E-state index in [1.165, 1.54) is 16.7 Å². The molecule has 1 aromatic carbocycles. The Hall–Kier alpha value is -1.43. The fraction of sp³-hybridized carbons (Fsp3) is 0.632. The minimum absolute atomic E-state index is 0.208. The Labute approximate surface area is 144 Å². The van der Waals surface area contributed by atoms with Gasteiger partial charge in [-0.2, -0.15) is 0 Å². The maximum atomic E-state index is 12.6. The molecule has 24 heavy (non-hydrogen) atoms. The molecule has 1 spiro atoms. The van der Waals surface area contributed by atoms with Crippen molar-refractivity contribution in [2.75, 3.05) is 46.0 Å². The number of carbonyl (C=O) groups is 1. The topological polar surface area (TPSA) is 50.8 Å². The summed E-state index contributed by atoms with van der Waals surface area (Å²) >= 11 is 0. The molecule has 1 N–H and O–H groups in total. The van der Waals surface area contributed by atoms with Crippen LogP contribution in [0.3, 0.4) is 0 Å². The lowest BCUT2D eigenvalue weighted by atomic mass is 10.0. The van der Waals surface area contributed by atoms with Crippen LogP contribution in [0.4, 0.5) is 0 Å². The van der Waals surface area contributed by atoms with Crippen LogP contribution >= 0.6 is 0 Å². The van der Waals surface area contributed by atoms with E-state index in [0.29, 0.717) is 39.3 Å². The Balaban J connectivity index is 1.57. The first-order chi connectivity index (χ1) is 11.6. The van der Waals surface area contributed by atoms with Gasteiger partial charge < -0.3 is 19.7 Å². The molecule has 0 aliphatic carbocycles. The number of morpholine rings is 1. The molecule has 0 aromatic heterocycles. The van der Waals surface area contributed by atoms with Gasteiger partial charge in [0.05, 0.1) is 26.4 Å². The number of hydrogen-bond acceptors (Lipinski definition) is 4. The normalized spacial score (nSPS) is 24.8. The summed E-state index contributed by atoms with van der Waals surface area (Å²) in [6.45, 7) is 8.94. The molecule has 2 aliphatic rings. The lowest BCUT2D eigenvalue weighted by molar-refractivity contribution is -0.158. The third-order valence-electron chi connectivity index (χ3n) is 5.04. The summed E-state index contributed by atoms with van der Waals surface area (Å²) in [5, 5.41) is 3.35. The van der Waals surface area contributed by atoms with E-state index in [2.05, 4.69) is 37.4 Å². The van der Waals surface area contributed by atoms with Crippen LogP contribution in [-0.4, -0.2) is 62.4 Å². The number of benzene rings is 1. The standard InChI is InChI=1S/C19H28N2O3/c1-15-3-4-17(11-16(15)2)5-6-18(22)21-8-10-24-19(13-21)12-20-7-9-23-14-19/h3-4,11,20H,5-10,12-14H2,1-2H3. The smallest absolute Gasteiger partial charge is 0.223 e. The molecule has 2 heterocycles. The fourth-order valence-electron chi connectivity index (χ4n) is 3.39. The van der Waals surface area contributed by atoms with Gasteiger partial charge in [0.25, 0.3) is 0 Å². The third kappa shape index (κ3) is 4.15. The van der Waals surface area contributed by atoms with E-state index in [1.807, 2.05) is 4.90 Å². The second kappa shape index (κ2) is 7.64. The average molecular weight is 332 g/mol. The van der Waals surface area contributed by atoms with Gasteiger partial charge in [0.15, 0.2) is 0 Å². The van der Waals surface area contributed by atoms with Crippen molar-refractivity contribution in [3.8, 4) is 0 Å². The highest BCUT2D eigenvalue weighted by molar-refractivity contribution is 5.76. The van der Waals surface area contributed by atoms with Crippen molar-refractivity contribution in [3.63, 3.8) is 0 Å². The molecule has 1 aromatic rings. The van der Waals surface area contributed by atoms with Crippen LogP contribution in [0.15, 0.2) is 18.2 Å². The van der Waals surface area contributed by atoms with Crippen LogP contribution in [0.5, 0.6) is 0 Å². The molecule has 3 rings (SSSR count). The highest BCUT2D eigenvalue weighted by Gasteiger charge is 2.39. The number of hydrogen-bond donors (Lipinski definition) is 1. The molecule has 2 fully saturated rings. The summed E-state index contributed by atoms with van der Waals surface area (Å²) in [5.41, 5.74) is 3.42. The first-order valence-corrected chi connectivity index (χ1v) is 8.84. The molecule has 0 bridgehead atoms. The zero-order chi connectivity index (χ0) is 17.0. The number of nitrogens with one attached hydrogen (secondary N) is 1. The van der Waals surface area contributed by atoms with E-state index in [4.69, 9.17) is 9.47 Å². The number of ether oxygens (including phenoxy) is 2. The number of amides is 1. The number of nitrogens with zero attached hydrogens (tertiary/aromatic N) is 1. The van der Waals surface area contributed by atoms with Gasteiger partial charge in [0.2, 0.25) is 5.91 Å². The van der Waals surface area contributed by atoms with Crippen molar-refractivity contribution < 1.29 is 14.3 Å². The Morgan fingerprint density at radius 3 is 3.00 bits per heavy atom. The molecule has 132 valence electrons. The Morgan fingerprint density at radius 1 is 1.29 bits per heavy atom. The van der Waals surface area contributed by atoms with E-state index >= 15 is 0 Å². The van der Waals surface area contributed by atoms with E-state index in [-0.39, 0.29) is 11.5 Å². The number of rotatable bonds is 3. The Kier molecular flexibility index (Phi) is 5.54. The van der Waals surface area contributed by atoms with Gasteiger partial charge >= 0.3 is 0 Å². The summed E-state index contributed by atoms with van der Waals surface area (Å²) in [6, 6.07) is 6.44. The molecule has 5 heteroatoms. The van der Waals surface area contributed by atoms with Crippen molar-refractivity contribution in [1.82, 2.24) is 10.2 Å². The van der Waals surface area contributed by atoms with E-state index in [0.717, 1.165) is 19.5 Å². The highest BCUT2D eigenvalue weighted by Crippen LogP contribution is 2.21. The molecule has 2 aliphatic heterocycles. The monoisotopic (exact) mass is 332 g/mol. The lowest BCUT2D eigenvalue weighted by Gasteiger charge is -2.41. The van der Waals surface area contributed by atoms with Crippen LogP contribution < -0.4 is 5.32 Å². The zero-order valence-electron chi connectivity index (χ0n) is 14.8. The van der Waals surface area contributed by atoms with Gasteiger partial charge in [0, 0.05) is 26.1 Å². The second-order valence-corrected chi connectivity index (χ2v) is 6.99. The highest BCUT2D eigenvalue weighted by atomic mass is 16.5. The maximum absolute atomic E-state index is 12.6. The van der Waals surface area contributed by atoms with Gasteiger partial charge in [-0.1, -0.05) is 18.2 Å². The minimum atomic E-state index is -0.384. The van der Waals surface area contributed by atoms with Crippen molar-refractivity contribution in [2.45, 2.75) is 32.3 Å². The SMILES string of the molecule is Cc1ccc(CCC(=O)N2CCOC3(CNCCOC3)C2)cc1C. The summed E-state index contributed by atoms with van der Waals surface area (Å²) in [5.74, 6) is 0.208. The van der Waals surface area contributed by atoms with Crippen molar-refractivity contribution in [3.05, 3.63) is 34.9 Å². The third-order valence-corrected chi connectivity index (χ3v) is 5.04. The van der Waals surface area contributed by atoms with Gasteiger partial charge in [-0.15, -0.1) is 0 Å². The maximum Gasteiger partial charge on any atom is 0.223 e. The predicted octanol–water partition coefficient (Wildman–Crippen LogP) is 1.45. The molecule has 1 unspecified atom stereocenters. The van der Waals surface area contributed by atoms with Gasteiger partial charge in [0.1, 0.15) is 5.60 Å². The quantitative estimate of drug-likeness (QED) is 0.910. The first kappa shape index (κ1) is 17.4. The van der Waals surface area contributed by atoms with Crippen LogP contribution in [0.1, 0.15) is 23.1 Å². The molecule has 2 saturated heterocycles. The molecule has 0 radical (unpaired) electrons. The van der Waals surface area contributed by atoms with Crippen LogP contribution in [0.2, 0.25) is 0 Å². The summed E-state index contributed by atoms with van der Waals surface area (Å²) in [7, 11) is 0. The van der Waals surface area contributed by atoms with Crippen molar-refractivity contribution in [2.24, 2.45) is 0 Å². The molecule has 1 atom stereocenters. The number of aryl methyl sites for hydroxylation is 3. The lowest BCUT2D eigenvalue weighted by Crippen LogP contribution is -2.59. The first-order valence-electron chi connectivity index (χ1n) is 8.84. The van der Waals surface area contributed by atoms with Gasteiger partial charge in [-0.3, -0.25) is 4.79 Å². The molecule has 1 amide bonds. The summed E-state index contributed by atoms with van der Waals surface area (Å²) < 4.78 is 11.6. The number of carbonyl (C=O) groups excluding carboxylic acids is 1. The molecule has 5 nitrogen and oxygen atoms in total. The van der Waals surface area contributed by atoms with Crippen molar-refractivity contribution in [1.29, 1.82) is 0 Å². The van der Waals surface area contributed by atoms with Crippen LogP contribution in [-0.2, 0) is 20.7 Å².